The maximum atomic E-state index is 11.2. The lowest BCUT2D eigenvalue weighted by Crippen LogP contribution is -2.18. The van der Waals surface area contributed by atoms with Crippen molar-refractivity contribution in [2.75, 3.05) is 13.2 Å². The number of Topliss-reactive ketones (excluding diaryl/α,β-unsaturated/α-hetero) is 1. The molecule has 0 aromatic carbocycles. The third kappa shape index (κ3) is 5.30. The Labute approximate surface area is 75.3 Å². The second-order valence-electron chi connectivity index (χ2n) is 3.68. The largest absolute Gasteiger partial charge is 0.373 e. The van der Waals surface area contributed by atoms with Crippen LogP contribution in [0.25, 0.3) is 0 Å². The number of carbonyl (C=O) groups excluding carboxylic acids is 1. The van der Waals surface area contributed by atoms with Gasteiger partial charge in [-0.1, -0.05) is 27.7 Å². The Hall–Kier alpha value is -0.370. The van der Waals surface area contributed by atoms with Gasteiger partial charge in [0.25, 0.3) is 0 Å². The van der Waals surface area contributed by atoms with E-state index in [1.807, 2.05) is 13.8 Å². The quantitative estimate of drug-likeness (QED) is 0.614. The van der Waals surface area contributed by atoms with Gasteiger partial charge in [0.1, 0.15) is 6.61 Å². The fourth-order valence-electron chi connectivity index (χ4n) is 0.765. The Morgan fingerprint density at radius 3 is 2.33 bits per heavy atom. The van der Waals surface area contributed by atoms with Crippen LogP contribution in [-0.2, 0) is 9.53 Å². The van der Waals surface area contributed by atoms with E-state index in [9.17, 15) is 4.79 Å². The highest BCUT2D eigenvalue weighted by Crippen LogP contribution is 2.02. The highest BCUT2D eigenvalue weighted by Gasteiger charge is 2.10. The minimum atomic E-state index is 0.150. The van der Waals surface area contributed by atoms with Crippen molar-refractivity contribution in [3.05, 3.63) is 0 Å². The SMILES string of the molecule is CCC(C)C(=O)COCC(C)C. The van der Waals surface area contributed by atoms with Gasteiger partial charge in [-0.15, -0.1) is 0 Å². The van der Waals surface area contributed by atoms with E-state index in [-0.39, 0.29) is 18.3 Å². The highest BCUT2D eigenvalue weighted by molar-refractivity contribution is 5.81. The first-order valence-electron chi connectivity index (χ1n) is 4.68. The van der Waals surface area contributed by atoms with Crippen molar-refractivity contribution in [3.63, 3.8) is 0 Å². The van der Waals surface area contributed by atoms with Crippen molar-refractivity contribution in [3.8, 4) is 0 Å². The van der Waals surface area contributed by atoms with E-state index in [0.717, 1.165) is 6.42 Å². The van der Waals surface area contributed by atoms with E-state index < -0.39 is 0 Å². The Morgan fingerprint density at radius 2 is 1.92 bits per heavy atom. The number of hydrogen-bond acceptors (Lipinski definition) is 2. The van der Waals surface area contributed by atoms with Crippen LogP contribution in [0.1, 0.15) is 34.1 Å². The lowest BCUT2D eigenvalue weighted by Gasteiger charge is -2.09. The van der Waals surface area contributed by atoms with Crippen LogP contribution >= 0.6 is 0 Å². The number of hydrogen-bond donors (Lipinski definition) is 0. The summed E-state index contributed by atoms with van der Waals surface area (Å²) in [7, 11) is 0. The van der Waals surface area contributed by atoms with E-state index >= 15 is 0 Å². The zero-order valence-electron chi connectivity index (χ0n) is 8.59. The molecule has 0 aliphatic heterocycles. The fraction of sp³-hybridized carbons (Fsp3) is 0.900. The van der Waals surface area contributed by atoms with E-state index in [4.69, 9.17) is 4.74 Å². The number of ketones is 1. The molecule has 12 heavy (non-hydrogen) atoms. The summed E-state index contributed by atoms with van der Waals surface area (Å²) in [4.78, 5) is 11.2. The molecule has 0 aromatic heterocycles. The van der Waals surface area contributed by atoms with Crippen LogP contribution in [0.2, 0.25) is 0 Å². The van der Waals surface area contributed by atoms with E-state index in [0.29, 0.717) is 12.5 Å². The lowest BCUT2D eigenvalue weighted by atomic mass is 10.0. The van der Waals surface area contributed by atoms with Crippen LogP contribution in [0.15, 0.2) is 0 Å². The molecule has 0 aromatic rings. The molecule has 0 saturated carbocycles. The minimum absolute atomic E-state index is 0.150. The molecule has 1 atom stereocenters. The van der Waals surface area contributed by atoms with Gasteiger partial charge in [0, 0.05) is 12.5 Å². The van der Waals surface area contributed by atoms with Gasteiger partial charge in [0.05, 0.1) is 0 Å². The fourth-order valence-corrected chi connectivity index (χ4v) is 0.765. The molecule has 2 nitrogen and oxygen atoms in total. The predicted octanol–water partition coefficient (Wildman–Crippen LogP) is 2.27. The van der Waals surface area contributed by atoms with Gasteiger partial charge in [-0.05, 0) is 12.3 Å². The molecule has 0 aliphatic carbocycles. The third-order valence-corrected chi connectivity index (χ3v) is 1.86. The van der Waals surface area contributed by atoms with E-state index in [1.54, 1.807) is 0 Å². The molecule has 0 bridgehead atoms. The summed E-state index contributed by atoms with van der Waals surface area (Å²) in [5.41, 5.74) is 0. The van der Waals surface area contributed by atoms with Gasteiger partial charge >= 0.3 is 0 Å². The minimum Gasteiger partial charge on any atom is -0.373 e. The summed E-state index contributed by atoms with van der Waals surface area (Å²) in [6.45, 7) is 9.09. The summed E-state index contributed by atoms with van der Waals surface area (Å²) in [6, 6.07) is 0. The molecule has 0 spiro atoms. The summed E-state index contributed by atoms with van der Waals surface area (Å²) in [6.07, 6.45) is 0.907. The number of rotatable bonds is 6. The van der Waals surface area contributed by atoms with E-state index in [1.165, 1.54) is 0 Å². The van der Waals surface area contributed by atoms with Crippen molar-refractivity contribution in [2.45, 2.75) is 34.1 Å². The third-order valence-electron chi connectivity index (χ3n) is 1.86. The van der Waals surface area contributed by atoms with Crippen LogP contribution in [0, 0.1) is 11.8 Å². The second kappa shape index (κ2) is 6.18. The summed E-state index contributed by atoms with van der Waals surface area (Å²) >= 11 is 0. The summed E-state index contributed by atoms with van der Waals surface area (Å²) in [5.74, 6) is 0.880. The zero-order chi connectivity index (χ0) is 9.56. The van der Waals surface area contributed by atoms with Crippen LogP contribution in [0.4, 0.5) is 0 Å². The molecule has 0 N–H and O–H groups in total. The Morgan fingerprint density at radius 1 is 1.33 bits per heavy atom. The van der Waals surface area contributed by atoms with Crippen molar-refractivity contribution in [1.29, 1.82) is 0 Å². The molecule has 2 heteroatoms. The van der Waals surface area contributed by atoms with Gasteiger partial charge in [0.2, 0.25) is 0 Å². The monoisotopic (exact) mass is 172 g/mol. The molecule has 1 unspecified atom stereocenters. The van der Waals surface area contributed by atoms with Gasteiger partial charge in [-0.2, -0.15) is 0 Å². The van der Waals surface area contributed by atoms with Crippen molar-refractivity contribution >= 4 is 5.78 Å². The maximum absolute atomic E-state index is 11.2. The first-order valence-corrected chi connectivity index (χ1v) is 4.68. The number of ether oxygens (including phenoxy) is 1. The molecular formula is C10H20O2. The Balaban J connectivity index is 3.44. The average molecular weight is 172 g/mol. The van der Waals surface area contributed by atoms with Crippen molar-refractivity contribution in [1.82, 2.24) is 0 Å². The van der Waals surface area contributed by atoms with E-state index in [2.05, 4.69) is 13.8 Å². The standard InChI is InChI=1S/C10H20O2/c1-5-9(4)10(11)7-12-6-8(2)3/h8-9H,5-7H2,1-4H3. The molecule has 0 aliphatic rings. The molecule has 0 radical (unpaired) electrons. The first-order chi connectivity index (χ1) is 5.57. The molecule has 0 amide bonds. The average Bonchev–Trinajstić information content (AvgIpc) is 2.02. The topological polar surface area (TPSA) is 26.3 Å². The van der Waals surface area contributed by atoms with Gasteiger partial charge in [-0.3, -0.25) is 4.79 Å². The molecule has 72 valence electrons. The second-order valence-corrected chi connectivity index (χ2v) is 3.68. The smallest absolute Gasteiger partial charge is 0.161 e. The molecule has 0 fully saturated rings. The van der Waals surface area contributed by atoms with Gasteiger partial charge in [-0.25, -0.2) is 0 Å². The molecule has 0 saturated heterocycles. The molecular weight excluding hydrogens is 152 g/mol. The van der Waals surface area contributed by atoms with Gasteiger partial charge < -0.3 is 4.74 Å². The van der Waals surface area contributed by atoms with Crippen LogP contribution in [0.3, 0.4) is 0 Å². The van der Waals surface area contributed by atoms with Crippen LogP contribution in [0.5, 0.6) is 0 Å². The highest BCUT2D eigenvalue weighted by atomic mass is 16.5. The predicted molar refractivity (Wildman–Crippen MR) is 50.1 cm³/mol. The maximum Gasteiger partial charge on any atom is 0.161 e. The summed E-state index contributed by atoms with van der Waals surface area (Å²) < 4.78 is 5.23. The van der Waals surface area contributed by atoms with Crippen molar-refractivity contribution in [2.24, 2.45) is 11.8 Å². The summed E-state index contributed by atoms with van der Waals surface area (Å²) in [5, 5.41) is 0. The molecule has 0 heterocycles. The zero-order valence-corrected chi connectivity index (χ0v) is 8.59. The number of carbonyl (C=O) groups is 1. The molecule has 0 rings (SSSR count). The van der Waals surface area contributed by atoms with Crippen LogP contribution in [-0.4, -0.2) is 19.0 Å². The van der Waals surface area contributed by atoms with Crippen LogP contribution < -0.4 is 0 Å². The first kappa shape index (κ1) is 11.6. The van der Waals surface area contributed by atoms with Gasteiger partial charge in [0.15, 0.2) is 5.78 Å². The normalized spacial score (nSPS) is 13.4. The van der Waals surface area contributed by atoms with Crippen molar-refractivity contribution < 1.29 is 9.53 Å². The Bertz CT molecular complexity index is 130. The lowest BCUT2D eigenvalue weighted by molar-refractivity contribution is -0.127. The Kier molecular flexibility index (Phi) is 5.99.